The van der Waals surface area contributed by atoms with Crippen LogP contribution in [0.15, 0.2) is 49.5 Å². The number of anilines is 1. The number of hydrogen-bond donors (Lipinski definition) is 3. The second-order valence-electron chi connectivity index (χ2n) is 5.61. The summed E-state index contributed by atoms with van der Waals surface area (Å²) in [7, 11) is 1.50. The van der Waals surface area contributed by atoms with Crippen LogP contribution in [0.2, 0.25) is 0 Å². The molecule has 3 rings (SSSR count). The van der Waals surface area contributed by atoms with Crippen molar-refractivity contribution in [2.24, 2.45) is 12.1 Å². The monoisotopic (exact) mass is 432 g/mol. The van der Waals surface area contributed by atoms with Crippen LogP contribution in [0, 0.1) is 0 Å². The number of rotatable bonds is 6. The van der Waals surface area contributed by atoms with Crippen molar-refractivity contribution in [3.05, 3.63) is 61.2 Å². The normalized spacial score (nSPS) is 12.2. The van der Waals surface area contributed by atoms with Crippen LogP contribution in [0.4, 0.5) is 5.95 Å². The molecule has 0 saturated heterocycles. The summed E-state index contributed by atoms with van der Waals surface area (Å²) in [5.41, 5.74) is 3.00. The van der Waals surface area contributed by atoms with Gasteiger partial charge in [0.05, 0.1) is 12.8 Å². The number of aliphatic hydroxyl groups excluding tert-OH is 1. The highest BCUT2D eigenvalue weighted by Crippen LogP contribution is 2.15. The number of aromatic amines is 1. The SMILES string of the molecule is Cn1c(=O)[nH]c(=O)c2c1nc(N/N=C/C(Br)=C/c1ccccc1)n2CCO. The molecule has 0 fully saturated rings. The van der Waals surface area contributed by atoms with Crippen molar-refractivity contribution in [2.45, 2.75) is 6.54 Å². The number of H-pyrrole nitrogens is 1. The summed E-state index contributed by atoms with van der Waals surface area (Å²) in [5.74, 6) is 0.238. The van der Waals surface area contributed by atoms with Gasteiger partial charge in [0.1, 0.15) is 0 Å². The molecule has 0 spiro atoms. The van der Waals surface area contributed by atoms with Gasteiger partial charge in [0, 0.05) is 18.1 Å². The van der Waals surface area contributed by atoms with Gasteiger partial charge in [0.15, 0.2) is 11.2 Å². The molecule has 0 amide bonds. The third kappa shape index (κ3) is 4.07. The quantitative estimate of drug-likeness (QED) is 0.400. The number of allylic oxidation sites excluding steroid dienone is 1. The molecule has 2 aromatic heterocycles. The Morgan fingerprint density at radius 1 is 1.37 bits per heavy atom. The number of nitrogens with one attached hydrogen (secondary N) is 2. The maximum atomic E-state index is 12.2. The van der Waals surface area contributed by atoms with E-state index in [1.807, 2.05) is 36.4 Å². The van der Waals surface area contributed by atoms with Crippen LogP contribution in [-0.2, 0) is 13.6 Å². The topological polar surface area (TPSA) is 117 Å². The lowest BCUT2D eigenvalue weighted by atomic mass is 10.2. The fraction of sp³-hybridized carbons (Fsp3) is 0.176. The van der Waals surface area contributed by atoms with Gasteiger partial charge in [0.2, 0.25) is 5.95 Å². The van der Waals surface area contributed by atoms with Crippen molar-refractivity contribution in [3.63, 3.8) is 0 Å². The lowest BCUT2D eigenvalue weighted by Gasteiger charge is -2.05. The Bertz CT molecular complexity index is 1130. The number of halogens is 1. The highest BCUT2D eigenvalue weighted by molar-refractivity contribution is 9.12. The molecule has 10 heteroatoms. The molecule has 0 bridgehead atoms. The number of aliphatic hydroxyl groups is 1. The number of nitrogens with zero attached hydrogens (tertiary/aromatic N) is 4. The van der Waals surface area contributed by atoms with Crippen LogP contribution < -0.4 is 16.7 Å². The maximum absolute atomic E-state index is 12.2. The summed E-state index contributed by atoms with van der Waals surface area (Å²) in [6.07, 6.45) is 3.43. The number of hydrazone groups is 1. The zero-order valence-corrected chi connectivity index (χ0v) is 16.0. The van der Waals surface area contributed by atoms with Crippen molar-refractivity contribution < 1.29 is 5.11 Å². The summed E-state index contributed by atoms with van der Waals surface area (Å²) in [5, 5.41) is 13.4. The highest BCUT2D eigenvalue weighted by Gasteiger charge is 2.16. The molecule has 140 valence electrons. The number of fused-ring (bicyclic) bond motifs is 1. The number of benzene rings is 1. The van der Waals surface area contributed by atoms with Gasteiger partial charge in [-0.15, -0.1) is 0 Å². The van der Waals surface area contributed by atoms with Gasteiger partial charge in [-0.1, -0.05) is 30.3 Å². The molecule has 0 radical (unpaired) electrons. The minimum absolute atomic E-state index is 0.122. The van der Waals surface area contributed by atoms with Crippen molar-refractivity contribution >= 4 is 45.3 Å². The standard InChI is InChI=1S/C17H17BrN6O3/c1-23-14-13(15(26)21-17(23)27)24(7-8-25)16(20-14)22-19-10-12(18)9-11-5-3-2-4-6-11/h2-6,9-10,25H,7-8H2,1H3,(H,20,22)(H,21,26,27)/b12-9-,19-10+. The Balaban J connectivity index is 1.93. The molecule has 9 nitrogen and oxygen atoms in total. The van der Waals surface area contributed by atoms with Crippen molar-refractivity contribution in [3.8, 4) is 0 Å². The van der Waals surface area contributed by atoms with Crippen LogP contribution in [0.3, 0.4) is 0 Å². The zero-order chi connectivity index (χ0) is 19.4. The van der Waals surface area contributed by atoms with E-state index in [1.54, 1.807) is 6.21 Å². The van der Waals surface area contributed by atoms with Crippen LogP contribution in [0.25, 0.3) is 17.2 Å². The molecular weight excluding hydrogens is 416 g/mol. The lowest BCUT2D eigenvalue weighted by molar-refractivity contribution is 0.278. The second kappa shape index (κ2) is 8.14. The molecule has 0 atom stereocenters. The fourth-order valence-corrected chi connectivity index (χ4v) is 2.90. The smallest absolute Gasteiger partial charge is 0.329 e. The summed E-state index contributed by atoms with van der Waals surface area (Å²) < 4.78 is 3.42. The first kappa shape index (κ1) is 18.8. The number of aromatic nitrogens is 4. The average molecular weight is 433 g/mol. The highest BCUT2D eigenvalue weighted by atomic mass is 79.9. The fourth-order valence-electron chi connectivity index (χ4n) is 2.54. The molecule has 0 saturated carbocycles. The molecule has 3 aromatic rings. The van der Waals surface area contributed by atoms with Gasteiger partial charge < -0.3 is 9.67 Å². The number of aryl methyl sites for hydroxylation is 1. The van der Waals surface area contributed by atoms with Crippen molar-refractivity contribution in [1.29, 1.82) is 0 Å². The van der Waals surface area contributed by atoms with Crippen LogP contribution in [0.5, 0.6) is 0 Å². The lowest BCUT2D eigenvalue weighted by Crippen LogP contribution is -2.29. The van der Waals surface area contributed by atoms with Gasteiger partial charge in [-0.2, -0.15) is 10.1 Å². The Morgan fingerprint density at radius 2 is 2.11 bits per heavy atom. The van der Waals surface area contributed by atoms with E-state index in [9.17, 15) is 14.7 Å². The molecule has 3 N–H and O–H groups in total. The van der Waals surface area contributed by atoms with Crippen LogP contribution >= 0.6 is 15.9 Å². The molecule has 0 unspecified atom stereocenters. The summed E-state index contributed by atoms with van der Waals surface area (Å²) >= 11 is 3.41. The largest absolute Gasteiger partial charge is 0.395 e. The van der Waals surface area contributed by atoms with Crippen LogP contribution in [-0.4, -0.2) is 37.0 Å². The zero-order valence-electron chi connectivity index (χ0n) is 14.4. The van der Waals surface area contributed by atoms with E-state index in [0.717, 1.165) is 10.0 Å². The molecule has 2 heterocycles. The van der Waals surface area contributed by atoms with E-state index in [0.29, 0.717) is 0 Å². The Labute approximate surface area is 161 Å². The molecule has 27 heavy (non-hydrogen) atoms. The Kier molecular flexibility index (Phi) is 5.67. The first-order chi connectivity index (χ1) is 13.0. The summed E-state index contributed by atoms with van der Waals surface area (Å²) in [6.45, 7) is -0.0829. The maximum Gasteiger partial charge on any atom is 0.329 e. The minimum Gasteiger partial charge on any atom is -0.395 e. The number of hydrogen-bond acceptors (Lipinski definition) is 6. The predicted octanol–water partition coefficient (Wildman–Crippen LogP) is 1.25. The van der Waals surface area contributed by atoms with Gasteiger partial charge in [-0.3, -0.25) is 14.3 Å². The van der Waals surface area contributed by atoms with Crippen molar-refractivity contribution in [1.82, 2.24) is 19.1 Å². The van der Waals surface area contributed by atoms with E-state index in [4.69, 9.17) is 0 Å². The third-order valence-electron chi connectivity index (χ3n) is 3.79. The Morgan fingerprint density at radius 3 is 2.81 bits per heavy atom. The van der Waals surface area contributed by atoms with Gasteiger partial charge in [0.25, 0.3) is 5.56 Å². The number of imidazole rings is 1. The van der Waals surface area contributed by atoms with E-state index in [-0.39, 0.29) is 30.3 Å². The molecule has 1 aromatic carbocycles. The Hall–Kier alpha value is -2.98. The van der Waals surface area contributed by atoms with E-state index in [2.05, 4.69) is 36.4 Å². The first-order valence-corrected chi connectivity index (χ1v) is 8.82. The summed E-state index contributed by atoms with van der Waals surface area (Å²) in [4.78, 5) is 30.4. The third-order valence-corrected chi connectivity index (χ3v) is 4.22. The second-order valence-corrected chi connectivity index (χ2v) is 6.53. The molecule has 0 aliphatic rings. The van der Waals surface area contributed by atoms with Crippen LogP contribution in [0.1, 0.15) is 5.56 Å². The summed E-state index contributed by atoms with van der Waals surface area (Å²) in [6, 6.07) is 9.70. The van der Waals surface area contributed by atoms with E-state index >= 15 is 0 Å². The minimum atomic E-state index is -0.573. The average Bonchev–Trinajstić information content (AvgIpc) is 3.00. The van der Waals surface area contributed by atoms with E-state index in [1.165, 1.54) is 16.2 Å². The predicted molar refractivity (Wildman–Crippen MR) is 108 cm³/mol. The van der Waals surface area contributed by atoms with Gasteiger partial charge in [-0.05, 0) is 27.6 Å². The molecular formula is C17H17BrN6O3. The van der Waals surface area contributed by atoms with Crippen molar-refractivity contribution in [2.75, 3.05) is 12.0 Å². The molecule has 0 aliphatic heterocycles. The first-order valence-electron chi connectivity index (χ1n) is 8.03. The van der Waals surface area contributed by atoms with Gasteiger partial charge >= 0.3 is 5.69 Å². The van der Waals surface area contributed by atoms with E-state index < -0.39 is 11.2 Å². The molecule has 0 aliphatic carbocycles. The van der Waals surface area contributed by atoms with Gasteiger partial charge in [-0.25, -0.2) is 10.2 Å².